The van der Waals surface area contributed by atoms with Crippen LogP contribution in [-0.4, -0.2) is 50.0 Å². The lowest BCUT2D eigenvalue weighted by Gasteiger charge is -2.41. The minimum absolute atomic E-state index is 0. The molecule has 1 aliphatic heterocycles. The fourth-order valence-electron chi connectivity index (χ4n) is 4.11. The first kappa shape index (κ1) is 25.0. The maximum Gasteiger partial charge on any atom is 0.118 e. The average Bonchev–Trinajstić information content (AvgIpc) is 2.77. The number of aliphatic hydroxyl groups is 1. The lowest BCUT2D eigenvalue weighted by molar-refractivity contribution is -0.0293. The predicted molar refractivity (Wildman–Crippen MR) is 125 cm³/mol. The van der Waals surface area contributed by atoms with Crippen molar-refractivity contribution in [3.05, 3.63) is 64.7 Å². The van der Waals surface area contributed by atoms with Gasteiger partial charge in [0.1, 0.15) is 5.75 Å². The van der Waals surface area contributed by atoms with Gasteiger partial charge in [-0.25, -0.2) is 0 Å². The molecule has 0 aromatic heterocycles. The van der Waals surface area contributed by atoms with Crippen LogP contribution in [0.3, 0.4) is 0 Å². The van der Waals surface area contributed by atoms with Crippen molar-refractivity contribution in [1.82, 2.24) is 4.90 Å². The Balaban J connectivity index is 0.00000320. The highest BCUT2D eigenvalue weighted by molar-refractivity contribution is 6.30. The van der Waals surface area contributed by atoms with E-state index in [1.54, 1.807) is 7.11 Å². The molecule has 1 saturated heterocycles. The molecule has 0 spiro atoms. The number of methoxy groups -OCH3 is 1. The van der Waals surface area contributed by atoms with Crippen molar-refractivity contribution in [2.45, 2.75) is 37.7 Å². The molecule has 30 heavy (non-hydrogen) atoms. The van der Waals surface area contributed by atoms with E-state index in [1.165, 1.54) is 0 Å². The Labute approximate surface area is 191 Å². The summed E-state index contributed by atoms with van der Waals surface area (Å²) in [6.07, 6.45) is 2.69. The zero-order valence-electron chi connectivity index (χ0n) is 17.9. The molecule has 2 unspecified atom stereocenters. The molecule has 0 radical (unpaired) electrons. The Morgan fingerprint density at radius 3 is 2.30 bits per heavy atom. The Bertz CT molecular complexity index is 748. The number of hydrogen-bond acceptors (Lipinski definition) is 4. The normalized spacial score (nSPS) is 17.6. The summed E-state index contributed by atoms with van der Waals surface area (Å²) >= 11 is 6.15. The summed E-state index contributed by atoms with van der Waals surface area (Å²) in [5.74, 6) is 0.723. The molecule has 1 fully saturated rings. The number of rotatable bonds is 9. The Kier molecular flexibility index (Phi) is 9.92. The maximum absolute atomic E-state index is 12.2. The van der Waals surface area contributed by atoms with Crippen LogP contribution in [0.25, 0.3) is 0 Å². The molecule has 2 aromatic rings. The smallest absolute Gasteiger partial charge is 0.118 e. The van der Waals surface area contributed by atoms with Gasteiger partial charge in [-0.05, 0) is 41.8 Å². The number of nitrogens with zero attached hydrogens (tertiary/aromatic N) is 1. The third kappa shape index (κ3) is 6.12. The molecule has 0 aliphatic carbocycles. The van der Waals surface area contributed by atoms with E-state index >= 15 is 0 Å². The Hall–Kier alpha value is -1.30. The van der Waals surface area contributed by atoms with Gasteiger partial charge in [-0.3, -0.25) is 4.90 Å². The van der Waals surface area contributed by atoms with E-state index in [1.807, 2.05) is 48.5 Å². The van der Waals surface area contributed by atoms with Gasteiger partial charge in [0, 0.05) is 30.6 Å². The average molecular weight is 454 g/mol. The molecule has 1 N–H and O–H groups in total. The molecule has 166 valence electrons. The van der Waals surface area contributed by atoms with Crippen molar-refractivity contribution in [2.24, 2.45) is 0 Å². The van der Waals surface area contributed by atoms with Gasteiger partial charge in [0.05, 0.1) is 25.9 Å². The van der Waals surface area contributed by atoms with Crippen molar-refractivity contribution >= 4 is 24.0 Å². The summed E-state index contributed by atoms with van der Waals surface area (Å²) in [4.78, 5) is 2.39. The fourth-order valence-corrected chi connectivity index (χ4v) is 4.24. The summed E-state index contributed by atoms with van der Waals surface area (Å²) < 4.78 is 10.9. The number of ether oxygens (including phenoxy) is 2. The Morgan fingerprint density at radius 2 is 1.73 bits per heavy atom. The van der Waals surface area contributed by atoms with E-state index in [4.69, 9.17) is 21.1 Å². The molecule has 2 atom stereocenters. The van der Waals surface area contributed by atoms with Gasteiger partial charge in [-0.1, -0.05) is 55.6 Å². The topological polar surface area (TPSA) is 41.9 Å². The highest BCUT2D eigenvalue weighted by atomic mass is 35.5. The largest absolute Gasteiger partial charge is 0.497 e. The van der Waals surface area contributed by atoms with Crippen LogP contribution in [0.5, 0.6) is 5.75 Å². The van der Waals surface area contributed by atoms with Crippen LogP contribution in [0, 0.1) is 0 Å². The van der Waals surface area contributed by atoms with Gasteiger partial charge < -0.3 is 14.6 Å². The zero-order valence-corrected chi connectivity index (χ0v) is 19.4. The molecule has 1 aliphatic rings. The monoisotopic (exact) mass is 453 g/mol. The van der Waals surface area contributed by atoms with Crippen LogP contribution in [0.4, 0.5) is 0 Å². The lowest BCUT2D eigenvalue weighted by atomic mass is 9.74. The fraction of sp³-hybridized carbons (Fsp3) is 0.500. The van der Waals surface area contributed by atoms with Crippen LogP contribution in [0.2, 0.25) is 5.02 Å². The summed E-state index contributed by atoms with van der Waals surface area (Å²) in [5, 5.41) is 12.9. The highest BCUT2D eigenvalue weighted by Gasteiger charge is 2.40. The molecule has 6 heteroatoms. The summed E-state index contributed by atoms with van der Waals surface area (Å²) in [6, 6.07) is 15.8. The van der Waals surface area contributed by atoms with Crippen LogP contribution < -0.4 is 4.74 Å². The summed E-state index contributed by atoms with van der Waals surface area (Å²) in [5.41, 5.74) is 1.06. The van der Waals surface area contributed by atoms with Gasteiger partial charge in [-0.2, -0.15) is 0 Å². The SMILES string of the molecule is CCCCC(O)(c1ccc(OC)cc1)C(CN1CCOCC1)c1ccc(Cl)cc1.Cl. The molecular weight excluding hydrogens is 421 g/mol. The minimum atomic E-state index is -0.978. The number of unbranched alkanes of at least 4 members (excludes halogenated alkanes) is 1. The zero-order chi connectivity index (χ0) is 20.7. The molecule has 3 rings (SSSR count). The number of hydrogen-bond donors (Lipinski definition) is 1. The van der Waals surface area contributed by atoms with Crippen LogP contribution in [0.15, 0.2) is 48.5 Å². The second-order valence-corrected chi connectivity index (χ2v) is 8.21. The van der Waals surface area contributed by atoms with Crippen molar-refractivity contribution in [2.75, 3.05) is 40.0 Å². The van der Waals surface area contributed by atoms with E-state index in [0.29, 0.717) is 11.4 Å². The van der Waals surface area contributed by atoms with Crippen LogP contribution in [0.1, 0.15) is 43.2 Å². The molecule has 2 aromatic carbocycles. The number of halogens is 2. The molecule has 1 heterocycles. The molecule has 4 nitrogen and oxygen atoms in total. The third-order valence-electron chi connectivity index (χ3n) is 5.89. The quantitative estimate of drug-likeness (QED) is 0.561. The van der Waals surface area contributed by atoms with Gasteiger partial charge in [0.25, 0.3) is 0 Å². The maximum atomic E-state index is 12.2. The minimum Gasteiger partial charge on any atom is -0.497 e. The molecule has 0 saturated carbocycles. The van der Waals surface area contributed by atoms with Gasteiger partial charge >= 0.3 is 0 Å². The van der Waals surface area contributed by atoms with E-state index in [9.17, 15) is 5.11 Å². The second kappa shape index (κ2) is 11.9. The van der Waals surface area contributed by atoms with E-state index in [-0.39, 0.29) is 18.3 Å². The molecular formula is C24H33Cl2NO3. The number of benzene rings is 2. The van der Waals surface area contributed by atoms with Crippen molar-refractivity contribution in [3.8, 4) is 5.75 Å². The first-order chi connectivity index (χ1) is 14.1. The molecule has 0 amide bonds. The van der Waals surface area contributed by atoms with Gasteiger partial charge in [0.2, 0.25) is 0 Å². The van der Waals surface area contributed by atoms with Gasteiger partial charge in [0.15, 0.2) is 0 Å². The Morgan fingerprint density at radius 1 is 1.10 bits per heavy atom. The predicted octanol–water partition coefficient (Wildman–Crippen LogP) is 5.26. The van der Waals surface area contributed by atoms with Crippen molar-refractivity contribution in [1.29, 1.82) is 0 Å². The first-order valence-electron chi connectivity index (χ1n) is 10.5. The first-order valence-corrected chi connectivity index (χ1v) is 10.9. The summed E-state index contributed by atoms with van der Waals surface area (Å²) in [7, 11) is 1.66. The second-order valence-electron chi connectivity index (χ2n) is 7.77. The van der Waals surface area contributed by atoms with E-state index in [2.05, 4.69) is 11.8 Å². The lowest BCUT2D eigenvalue weighted by Crippen LogP contribution is -2.45. The third-order valence-corrected chi connectivity index (χ3v) is 6.15. The van der Waals surface area contributed by atoms with E-state index < -0.39 is 5.60 Å². The van der Waals surface area contributed by atoms with Crippen LogP contribution >= 0.6 is 24.0 Å². The van der Waals surface area contributed by atoms with E-state index in [0.717, 1.165) is 62.6 Å². The standard InChI is InChI=1S/C24H32ClNO3.ClH/c1-3-4-13-24(27,20-7-11-22(28-2)12-8-20)23(18-26-14-16-29-17-15-26)19-5-9-21(25)10-6-19;/h5-12,23,27H,3-4,13-18H2,1-2H3;1H. The van der Waals surface area contributed by atoms with Crippen molar-refractivity contribution < 1.29 is 14.6 Å². The highest BCUT2D eigenvalue weighted by Crippen LogP contribution is 2.42. The van der Waals surface area contributed by atoms with Crippen LogP contribution in [-0.2, 0) is 10.3 Å². The van der Waals surface area contributed by atoms with Gasteiger partial charge in [-0.15, -0.1) is 12.4 Å². The summed E-state index contributed by atoms with van der Waals surface area (Å²) in [6.45, 7) is 6.19. The number of morpholine rings is 1. The van der Waals surface area contributed by atoms with Crippen molar-refractivity contribution in [3.63, 3.8) is 0 Å². The molecule has 0 bridgehead atoms.